The van der Waals surface area contributed by atoms with Gasteiger partial charge >= 0.3 is 6.03 Å². The molecular weight excluding hydrogens is 430 g/mol. The quantitative estimate of drug-likeness (QED) is 0.442. The highest BCUT2D eigenvalue weighted by Gasteiger charge is 2.37. The van der Waals surface area contributed by atoms with E-state index in [1.54, 1.807) is 30.3 Å². The van der Waals surface area contributed by atoms with Crippen molar-refractivity contribution in [2.45, 2.75) is 34.6 Å². The maximum atomic E-state index is 13.3. The number of carbonyl (C=O) groups is 3. The molecule has 1 aromatic heterocycles. The number of amides is 4. The molecule has 1 aliphatic rings. The Bertz CT molecular complexity index is 1330. The van der Waals surface area contributed by atoms with Crippen LogP contribution in [-0.2, 0) is 9.59 Å². The molecule has 7 heteroatoms. The number of aryl methyl sites for hydroxylation is 3. The van der Waals surface area contributed by atoms with Gasteiger partial charge in [-0.25, -0.2) is 9.69 Å². The number of aromatic nitrogens is 1. The smallest absolute Gasteiger partial charge is 0.335 e. The van der Waals surface area contributed by atoms with Crippen LogP contribution in [-0.4, -0.2) is 29.0 Å². The number of nitrogens with zero attached hydrogens (tertiary/aromatic N) is 2. The van der Waals surface area contributed by atoms with Crippen LogP contribution in [0.3, 0.4) is 0 Å². The number of urea groups is 1. The largest absolute Gasteiger partial charge is 0.494 e. The topological polar surface area (TPSA) is 80.6 Å². The van der Waals surface area contributed by atoms with Crippen molar-refractivity contribution in [2.75, 3.05) is 11.5 Å². The lowest BCUT2D eigenvalue weighted by atomic mass is 10.1. The third-order valence-electron chi connectivity index (χ3n) is 6.03. The monoisotopic (exact) mass is 457 g/mol. The first-order chi connectivity index (χ1) is 16.2. The van der Waals surface area contributed by atoms with E-state index >= 15 is 0 Å². The molecule has 4 amide bonds. The summed E-state index contributed by atoms with van der Waals surface area (Å²) in [7, 11) is 0. The number of imide groups is 2. The Balaban J connectivity index is 1.72. The summed E-state index contributed by atoms with van der Waals surface area (Å²) >= 11 is 0. The second kappa shape index (κ2) is 9.02. The Morgan fingerprint density at radius 3 is 2.21 bits per heavy atom. The van der Waals surface area contributed by atoms with Gasteiger partial charge in [0.2, 0.25) is 0 Å². The fourth-order valence-electron chi connectivity index (χ4n) is 4.10. The molecular formula is C27H27N3O4. The molecule has 1 saturated heterocycles. The van der Waals surface area contributed by atoms with Gasteiger partial charge in [-0.1, -0.05) is 6.07 Å². The zero-order valence-electron chi connectivity index (χ0n) is 19.9. The molecule has 0 spiro atoms. The molecule has 2 aromatic carbocycles. The van der Waals surface area contributed by atoms with Crippen molar-refractivity contribution < 1.29 is 19.1 Å². The minimum Gasteiger partial charge on any atom is -0.494 e. The van der Waals surface area contributed by atoms with Crippen molar-refractivity contribution in [1.82, 2.24) is 9.88 Å². The van der Waals surface area contributed by atoms with Gasteiger partial charge in [0.05, 0.1) is 12.3 Å². The van der Waals surface area contributed by atoms with Crippen LogP contribution < -0.4 is 15.0 Å². The van der Waals surface area contributed by atoms with E-state index in [2.05, 4.69) is 35.9 Å². The predicted octanol–water partition coefficient (Wildman–Crippen LogP) is 4.78. The number of rotatable bonds is 5. The van der Waals surface area contributed by atoms with Gasteiger partial charge in [0.15, 0.2) is 0 Å². The summed E-state index contributed by atoms with van der Waals surface area (Å²) in [5.41, 5.74) is 6.23. The maximum Gasteiger partial charge on any atom is 0.335 e. The first-order valence-corrected chi connectivity index (χ1v) is 11.1. The second-order valence-corrected chi connectivity index (χ2v) is 8.32. The van der Waals surface area contributed by atoms with Crippen molar-refractivity contribution >= 4 is 29.6 Å². The molecule has 0 saturated carbocycles. The highest BCUT2D eigenvalue weighted by Crippen LogP contribution is 2.27. The van der Waals surface area contributed by atoms with Gasteiger partial charge in [0.25, 0.3) is 11.8 Å². The van der Waals surface area contributed by atoms with Gasteiger partial charge in [-0.05, 0) is 99.8 Å². The maximum absolute atomic E-state index is 13.3. The molecule has 7 nitrogen and oxygen atoms in total. The number of nitrogens with one attached hydrogen (secondary N) is 1. The first-order valence-electron chi connectivity index (χ1n) is 11.1. The average molecular weight is 458 g/mol. The van der Waals surface area contributed by atoms with Crippen molar-refractivity contribution in [3.05, 3.63) is 82.2 Å². The first kappa shape index (κ1) is 23.0. The molecule has 0 atom stereocenters. The molecule has 1 N–H and O–H groups in total. The molecule has 1 fully saturated rings. The minimum atomic E-state index is -0.781. The van der Waals surface area contributed by atoms with Crippen molar-refractivity contribution in [1.29, 1.82) is 0 Å². The molecule has 4 rings (SSSR count). The highest BCUT2D eigenvalue weighted by molar-refractivity contribution is 6.39. The Kier molecular flexibility index (Phi) is 6.11. The van der Waals surface area contributed by atoms with Crippen molar-refractivity contribution in [2.24, 2.45) is 0 Å². The molecule has 174 valence electrons. The van der Waals surface area contributed by atoms with E-state index < -0.39 is 17.8 Å². The Labute approximate surface area is 198 Å². The summed E-state index contributed by atoms with van der Waals surface area (Å²) in [5.74, 6) is -0.760. The van der Waals surface area contributed by atoms with Crippen molar-refractivity contribution in [3.8, 4) is 11.4 Å². The van der Waals surface area contributed by atoms with E-state index in [9.17, 15) is 14.4 Å². The van der Waals surface area contributed by atoms with E-state index in [1.807, 2.05) is 32.9 Å². The number of benzene rings is 2. The van der Waals surface area contributed by atoms with Gasteiger partial charge < -0.3 is 9.30 Å². The summed E-state index contributed by atoms with van der Waals surface area (Å²) in [6.45, 7) is 10.4. The standard InChI is InChI=1S/C27H27N3O4/c1-6-34-23-11-9-21(10-12-23)30-26(32)24(25(31)28-27(30)33)15-20-14-18(4)29(19(20)5)22-8-7-16(2)17(3)13-22/h7-15H,6H2,1-5H3,(H,28,31,33)/b24-15+. The molecule has 0 unspecified atom stereocenters. The van der Waals surface area contributed by atoms with Gasteiger partial charge in [-0.3, -0.25) is 14.9 Å². The van der Waals surface area contributed by atoms with Gasteiger partial charge in [-0.15, -0.1) is 0 Å². The SMILES string of the molecule is CCOc1ccc(N2C(=O)NC(=O)/C(=C\c3cc(C)n(-c4ccc(C)c(C)c4)c3C)C2=O)cc1. The lowest BCUT2D eigenvalue weighted by Crippen LogP contribution is -2.54. The van der Waals surface area contributed by atoms with Gasteiger partial charge in [0.1, 0.15) is 11.3 Å². The van der Waals surface area contributed by atoms with E-state index in [0.717, 1.165) is 27.5 Å². The third-order valence-corrected chi connectivity index (χ3v) is 6.03. The number of carbonyl (C=O) groups excluding carboxylic acids is 3. The molecule has 34 heavy (non-hydrogen) atoms. The second-order valence-electron chi connectivity index (χ2n) is 8.32. The zero-order chi connectivity index (χ0) is 24.6. The summed E-state index contributed by atoms with van der Waals surface area (Å²) in [4.78, 5) is 39.3. The normalized spacial score (nSPS) is 15.1. The van der Waals surface area contributed by atoms with Crippen LogP contribution in [0.2, 0.25) is 0 Å². The average Bonchev–Trinajstić information content (AvgIpc) is 3.07. The van der Waals surface area contributed by atoms with Crippen LogP contribution in [0.5, 0.6) is 5.75 Å². The van der Waals surface area contributed by atoms with E-state index in [-0.39, 0.29) is 5.57 Å². The number of anilines is 1. The van der Waals surface area contributed by atoms with Gasteiger partial charge in [-0.2, -0.15) is 0 Å². The molecule has 0 radical (unpaired) electrons. The van der Waals surface area contributed by atoms with Crippen LogP contribution in [0.4, 0.5) is 10.5 Å². The third kappa shape index (κ3) is 4.12. The Morgan fingerprint density at radius 2 is 1.56 bits per heavy atom. The van der Waals surface area contributed by atoms with Gasteiger partial charge in [0, 0.05) is 17.1 Å². The van der Waals surface area contributed by atoms with Crippen LogP contribution in [0.15, 0.2) is 54.1 Å². The van der Waals surface area contributed by atoms with E-state index in [4.69, 9.17) is 4.74 Å². The lowest BCUT2D eigenvalue weighted by molar-refractivity contribution is -0.122. The van der Waals surface area contributed by atoms with Crippen LogP contribution >= 0.6 is 0 Å². The summed E-state index contributed by atoms with van der Waals surface area (Å²) in [5, 5.41) is 2.28. The highest BCUT2D eigenvalue weighted by atomic mass is 16.5. The Morgan fingerprint density at radius 1 is 0.882 bits per heavy atom. The minimum absolute atomic E-state index is 0.103. The number of ether oxygens (including phenoxy) is 1. The molecule has 3 aromatic rings. The summed E-state index contributed by atoms with van der Waals surface area (Å²) < 4.78 is 7.51. The molecule has 1 aliphatic heterocycles. The number of hydrogen-bond acceptors (Lipinski definition) is 4. The molecule has 2 heterocycles. The lowest BCUT2D eigenvalue weighted by Gasteiger charge is -2.26. The fraction of sp³-hybridized carbons (Fsp3) is 0.222. The van der Waals surface area contributed by atoms with Crippen LogP contribution in [0.1, 0.15) is 35.0 Å². The Hall–Kier alpha value is -4.13. The van der Waals surface area contributed by atoms with E-state index in [1.165, 1.54) is 11.1 Å². The number of barbiturate groups is 1. The predicted molar refractivity (Wildman–Crippen MR) is 131 cm³/mol. The van der Waals surface area contributed by atoms with Crippen LogP contribution in [0, 0.1) is 27.7 Å². The summed E-state index contributed by atoms with van der Waals surface area (Å²) in [6.07, 6.45) is 1.55. The van der Waals surface area contributed by atoms with E-state index in [0.29, 0.717) is 18.0 Å². The zero-order valence-corrected chi connectivity index (χ0v) is 19.9. The van der Waals surface area contributed by atoms with Crippen molar-refractivity contribution in [3.63, 3.8) is 0 Å². The summed E-state index contributed by atoms with van der Waals surface area (Å²) in [6, 6.07) is 13.9. The fourth-order valence-corrected chi connectivity index (χ4v) is 4.10. The number of hydrogen-bond donors (Lipinski definition) is 1. The molecule has 0 aliphatic carbocycles. The molecule has 0 bridgehead atoms. The van der Waals surface area contributed by atoms with Crippen LogP contribution in [0.25, 0.3) is 11.8 Å².